The monoisotopic (exact) mass is 283 g/mol. The standard InChI is InChI=1S/C14H17N7/c1-3-4-15-12-7-11(10-8-18-21(2)9-10)19-14(20-12)13-16-5-6-17-13/h5-9H,3-4H2,1-2H3,(H,16,17)(H,15,19,20). The average molecular weight is 283 g/mol. The third kappa shape index (κ3) is 2.91. The van der Waals surface area contributed by atoms with Gasteiger partial charge in [-0.05, 0) is 6.42 Å². The summed E-state index contributed by atoms with van der Waals surface area (Å²) in [5, 5.41) is 7.48. The zero-order valence-corrected chi connectivity index (χ0v) is 12.0. The number of aromatic amines is 1. The molecule has 0 spiro atoms. The van der Waals surface area contributed by atoms with Gasteiger partial charge in [-0.15, -0.1) is 0 Å². The highest BCUT2D eigenvalue weighted by atomic mass is 15.2. The van der Waals surface area contributed by atoms with Crippen molar-refractivity contribution in [2.75, 3.05) is 11.9 Å². The van der Waals surface area contributed by atoms with Crippen molar-refractivity contribution in [1.82, 2.24) is 29.7 Å². The second kappa shape index (κ2) is 5.74. The second-order valence-electron chi connectivity index (χ2n) is 4.73. The molecule has 3 heterocycles. The number of H-pyrrole nitrogens is 1. The van der Waals surface area contributed by atoms with Crippen molar-refractivity contribution >= 4 is 5.82 Å². The van der Waals surface area contributed by atoms with E-state index in [0.717, 1.165) is 30.0 Å². The van der Waals surface area contributed by atoms with Crippen LogP contribution in [0, 0.1) is 0 Å². The van der Waals surface area contributed by atoms with E-state index in [4.69, 9.17) is 0 Å². The van der Waals surface area contributed by atoms with E-state index in [0.29, 0.717) is 11.6 Å². The molecule has 0 saturated carbocycles. The zero-order chi connectivity index (χ0) is 14.7. The molecule has 0 aromatic carbocycles. The summed E-state index contributed by atoms with van der Waals surface area (Å²) >= 11 is 0. The van der Waals surface area contributed by atoms with Crippen LogP contribution < -0.4 is 5.32 Å². The van der Waals surface area contributed by atoms with Crippen molar-refractivity contribution in [2.45, 2.75) is 13.3 Å². The van der Waals surface area contributed by atoms with Crippen molar-refractivity contribution < 1.29 is 0 Å². The number of nitrogens with zero attached hydrogens (tertiary/aromatic N) is 5. The fraction of sp³-hybridized carbons (Fsp3) is 0.286. The van der Waals surface area contributed by atoms with Gasteiger partial charge in [-0.2, -0.15) is 5.10 Å². The zero-order valence-electron chi connectivity index (χ0n) is 12.0. The first-order valence-corrected chi connectivity index (χ1v) is 6.88. The van der Waals surface area contributed by atoms with Crippen LogP contribution in [-0.4, -0.2) is 36.3 Å². The normalized spacial score (nSPS) is 10.8. The maximum absolute atomic E-state index is 4.57. The molecule has 0 aliphatic heterocycles. The van der Waals surface area contributed by atoms with Crippen molar-refractivity contribution in [3.05, 3.63) is 30.9 Å². The lowest BCUT2D eigenvalue weighted by atomic mass is 10.2. The Morgan fingerprint density at radius 2 is 2.24 bits per heavy atom. The number of hydrogen-bond acceptors (Lipinski definition) is 5. The minimum atomic E-state index is 0.569. The molecule has 0 amide bonds. The molecule has 0 aliphatic rings. The Bertz CT molecular complexity index is 715. The van der Waals surface area contributed by atoms with Gasteiger partial charge in [0.2, 0.25) is 0 Å². The average Bonchev–Trinajstić information content (AvgIpc) is 3.16. The summed E-state index contributed by atoms with van der Waals surface area (Å²) in [5.74, 6) is 2.01. The third-order valence-electron chi connectivity index (χ3n) is 2.99. The molecule has 3 aromatic heterocycles. The van der Waals surface area contributed by atoms with Gasteiger partial charge in [0.1, 0.15) is 5.82 Å². The lowest BCUT2D eigenvalue weighted by Crippen LogP contribution is -2.04. The number of rotatable bonds is 5. The van der Waals surface area contributed by atoms with Gasteiger partial charge >= 0.3 is 0 Å². The van der Waals surface area contributed by atoms with Gasteiger partial charge in [0.25, 0.3) is 0 Å². The molecule has 0 aliphatic carbocycles. The molecule has 0 saturated heterocycles. The van der Waals surface area contributed by atoms with Crippen LogP contribution in [0.3, 0.4) is 0 Å². The lowest BCUT2D eigenvalue weighted by molar-refractivity contribution is 0.768. The Labute approximate surface area is 122 Å². The first-order valence-electron chi connectivity index (χ1n) is 6.88. The van der Waals surface area contributed by atoms with E-state index in [1.807, 2.05) is 19.3 Å². The van der Waals surface area contributed by atoms with Gasteiger partial charge < -0.3 is 10.3 Å². The van der Waals surface area contributed by atoms with Gasteiger partial charge in [0.05, 0.1) is 11.9 Å². The van der Waals surface area contributed by atoms with Crippen LogP contribution in [0.15, 0.2) is 30.9 Å². The number of nitrogens with one attached hydrogen (secondary N) is 2. The van der Waals surface area contributed by atoms with Crippen LogP contribution in [-0.2, 0) is 7.05 Å². The molecule has 0 fully saturated rings. The van der Waals surface area contributed by atoms with Crippen LogP contribution in [0.1, 0.15) is 13.3 Å². The first-order chi connectivity index (χ1) is 10.3. The molecular formula is C14H17N7. The van der Waals surface area contributed by atoms with E-state index in [9.17, 15) is 0 Å². The Hall–Kier alpha value is -2.70. The van der Waals surface area contributed by atoms with E-state index in [1.165, 1.54) is 0 Å². The topological polar surface area (TPSA) is 84.3 Å². The van der Waals surface area contributed by atoms with Crippen molar-refractivity contribution in [1.29, 1.82) is 0 Å². The molecule has 7 nitrogen and oxygen atoms in total. The van der Waals surface area contributed by atoms with Crippen molar-refractivity contribution in [2.24, 2.45) is 7.05 Å². The molecule has 0 bridgehead atoms. The van der Waals surface area contributed by atoms with E-state index in [2.05, 4.69) is 37.3 Å². The van der Waals surface area contributed by atoms with Gasteiger partial charge in [0, 0.05) is 43.8 Å². The smallest absolute Gasteiger partial charge is 0.198 e. The molecule has 0 radical (unpaired) electrons. The molecule has 0 unspecified atom stereocenters. The Morgan fingerprint density at radius 3 is 2.90 bits per heavy atom. The summed E-state index contributed by atoms with van der Waals surface area (Å²) in [6, 6.07) is 1.93. The van der Waals surface area contributed by atoms with E-state index in [-0.39, 0.29) is 0 Å². The number of anilines is 1. The predicted octanol–water partition coefficient (Wildman–Crippen LogP) is 2.09. The minimum absolute atomic E-state index is 0.569. The Kier molecular flexibility index (Phi) is 3.63. The summed E-state index contributed by atoms with van der Waals surface area (Å²) in [6.45, 7) is 2.98. The Morgan fingerprint density at radius 1 is 1.33 bits per heavy atom. The van der Waals surface area contributed by atoms with Crippen molar-refractivity contribution in [3.63, 3.8) is 0 Å². The van der Waals surface area contributed by atoms with Gasteiger partial charge in [-0.3, -0.25) is 4.68 Å². The largest absolute Gasteiger partial charge is 0.370 e. The molecule has 0 atom stereocenters. The van der Waals surface area contributed by atoms with E-state index in [1.54, 1.807) is 23.3 Å². The van der Waals surface area contributed by atoms with Crippen LogP contribution in [0.25, 0.3) is 22.9 Å². The number of hydrogen-bond donors (Lipinski definition) is 2. The first kappa shape index (κ1) is 13.3. The quantitative estimate of drug-likeness (QED) is 0.749. The molecule has 3 aromatic rings. The molecule has 108 valence electrons. The number of imidazole rings is 1. The highest BCUT2D eigenvalue weighted by Crippen LogP contribution is 2.22. The van der Waals surface area contributed by atoms with Crippen LogP contribution in [0.5, 0.6) is 0 Å². The maximum Gasteiger partial charge on any atom is 0.198 e. The van der Waals surface area contributed by atoms with Crippen LogP contribution >= 0.6 is 0 Å². The fourth-order valence-electron chi connectivity index (χ4n) is 1.99. The molecule has 3 rings (SSSR count). The van der Waals surface area contributed by atoms with Gasteiger partial charge in [-0.1, -0.05) is 6.92 Å². The van der Waals surface area contributed by atoms with Crippen LogP contribution in [0.2, 0.25) is 0 Å². The van der Waals surface area contributed by atoms with E-state index < -0.39 is 0 Å². The number of aryl methyl sites for hydroxylation is 1. The summed E-state index contributed by atoms with van der Waals surface area (Å²) < 4.78 is 1.75. The fourth-order valence-corrected chi connectivity index (χ4v) is 1.99. The third-order valence-corrected chi connectivity index (χ3v) is 2.99. The second-order valence-corrected chi connectivity index (χ2v) is 4.73. The maximum atomic E-state index is 4.57. The van der Waals surface area contributed by atoms with E-state index >= 15 is 0 Å². The number of aromatic nitrogens is 6. The Balaban J connectivity index is 2.04. The molecular weight excluding hydrogens is 266 g/mol. The summed E-state index contributed by atoms with van der Waals surface area (Å²) in [6.07, 6.45) is 8.20. The minimum Gasteiger partial charge on any atom is -0.370 e. The van der Waals surface area contributed by atoms with Gasteiger partial charge in [0.15, 0.2) is 11.6 Å². The van der Waals surface area contributed by atoms with Gasteiger partial charge in [-0.25, -0.2) is 15.0 Å². The summed E-state index contributed by atoms with van der Waals surface area (Å²) in [4.78, 5) is 16.3. The van der Waals surface area contributed by atoms with Crippen LogP contribution in [0.4, 0.5) is 5.82 Å². The predicted molar refractivity (Wildman–Crippen MR) is 80.6 cm³/mol. The highest BCUT2D eigenvalue weighted by molar-refractivity contribution is 5.64. The van der Waals surface area contributed by atoms with Crippen molar-refractivity contribution in [3.8, 4) is 22.9 Å². The molecule has 21 heavy (non-hydrogen) atoms. The molecule has 7 heteroatoms. The highest BCUT2D eigenvalue weighted by Gasteiger charge is 2.11. The molecule has 2 N–H and O–H groups in total. The summed E-state index contributed by atoms with van der Waals surface area (Å²) in [7, 11) is 1.88. The SMILES string of the molecule is CCCNc1cc(-c2cnn(C)c2)nc(-c2ncc[nH]2)n1. The lowest BCUT2D eigenvalue weighted by Gasteiger charge is -2.07. The summed E-state index contributed by atoms with van der Waals surface area (Å²) in [5.41, 5.74) is 1.77.